The van der Waals surface area contributed by atoms with Crippen LogP contribution in [0, 0.1) is 16.7 Å². The molecule has 0 fully saturated rings. The highest BCUT2D eigenvalue weighted by Gasteiger charge is 2.36. The monoisotopic (exact) mass is 236 g/mol. The number of carbonyl (C=O) groups is 1. The van der Waals surface area contributed by atoms with Crippen molar-refractivity contribution in [1.82, 2.24) is 14.8 Å². The summed E-state index contributed by atoms with van der Waals surface area (Å²) in [7, 11) is 0. The van der Waals surface area contributed by atoms with Crippen molar-refractivity contribution >= 4 is 5.97 Å². The normalized spacial score (nSPS) is 13.8. The van der Waals surface area contributed by atoms with E-state index in [0.29, 0.717) is 12.4 Å². The standard InChI is InChI=1S/C11H16N4O2/c1-4-15-9(13-8-14-15)6-11(3,7-12)10(16)17-5-2/h8H,4-6H2,1-3H3. The third kappa shape index (κ3) is 2.81. The van der Waals surface area contributed by atoms with E-state index in [1.807, 2.05) is 13.0 Å². The highest BCUT2D eigenvalue weighted by molar-refractivity contribution is 5.79. The molecule has 1 rings (SSSR count). The Morgan fingerprint density at radius 1 is 1.65 bits per heavy atom. The SMILES string of the molecule is CCOC(=O)C(C)(C#N)Cc1ncnn1CC. The first kappa shape index (κ1) is 13.2. The van der Waals surface area contributed by atoms with Crippen molar-refractivity contribution in [2.45, 2.75) is 33.7 Å². The summed E-state index contributed by atoms with van der Waals surface area (Å²) in [4.78, 5) is 15.8. The molecule has 17 heavy (non-hydrogen) atoms. The molecular weight excluding hydrogens is 220 g/mol. The van der Waals surface area contributed by atoms with Crippen LogP contribution in [-0.2, 0) is 22.5 Å². The minimum absolute atomic E-state index is 0.205. The molecule has 0 bridgehead atoms. The molecule has 1 unspecified atom stereocenters. The van der Waals surface area contributed by atoms with Gasteiger partial charge in [0.15, 0.2) is 5.41 Å². The number of ether oxygens (including phenoxy) is 1. The zero-order valence-corrected chi connectivity index (χ0v) is 10.3. The van der Waals surface area contributed by atoms with Crippen LogP contribution >= 0.6 is 0 Å². The predicted molar refractivity (Wildman–Crippen MR) is 59.8 cm³/mol. The molecule has 1 heterocycles. The third-order valence-corrected chi connectivity index (χ3v) is 2.48. The van der Waals surface area contributed by atoms with Crippen LogP contribution in [-0.4, -0.2) is 27.3 Å². The lowest BCUT2D eigenvalue weighted by Crippen LogP contribution is -2.32. The lowest BCUT2D eigenvalue weighted by Gasteiger charge is -2.18. The molecule has 0 spiro atoms. The minimum atomic E-state index is -1.21. The summed E-state index contributed by atoms with van der Waals surface area (Å²) in [6.07, 6.45) is 1.62. The quantitative estimate of drug-likeness (QED) is 0.710. The Kier molecular flexibility index (Phi) is 4.21. The van der Waals surface area contributed by atoms with Gasteiger partial charge in [0.25, 0.3) is 0 Å². The maximum atomic E-state index is 11.7. The maximum Gasteiger partial charge on any atom is 0.326 e. The smallest absolute Gasteiger partial charge is 0.326 e. The van der Waals surface area contributed by atoms with Crippen molar-refractivity contribution in [3.63, 3.8) is 0 Å². The Balaban J connectivity index is 2.90. The van der Waals surface area contributed by atoms with Crippen molar-refractivity contribution < 1.29 is 9.53 Å². The number of esters is 1. The maximum absolute atomic E-state index is 11.7. The van der Waals surface area contributed by atoms with Crippen LogP contribution in [0.2, 0.25) is 0 Å². The number of carbonyl (C=O) groups excluding carboxylic acids is 1. The molecule has 6 heteroatoms. The molecule has 92 valence electrons. The van der Waals surface area contributed by atoms with Crippen molar-refractivity contribution in [2.24, 2.45) is 5.41 Å². The molecule has 0 radical (unpaired) electrons. The van der Waals surface area contributed by atoms with Gasteiger partial charge in [-0.3, -0.25) is 9.48 Å². The number of aryl methyl sites for hydroxylation is 1. The first-order valence-corrected chi connectivity index (χ1v) is 5.52. The Morgan fingerprint density at radius 3 is 2.88 bits per heavy atom. The van der Waals surface area contributed by atoms with Gasteiger partial charge in [-0.05, 0) is 20.8 Å². The average Bonchev–Trinajstić information content (AvgIpc) is 2.76. The second-order valence-electron chi connectivity index (χ2n) is 3.83. The lowest BCUT2D eigenvalue weighted by molar-refractivity contribution is -0.151. The summed E-state index contributed by atoms with van der Waals surface area (Å²) >= 11 is 0. The predicted octanol–water partition coefficient (Wildman–Crippen LogP) is 0.933. The van der Waals surface area contributed by atoms with E-state index in [-0.39, 0.29) is 13.0 Å². The summed E-state index contributed by atoms with van der Waals surface area (Å²) in [5.74, 6) is 0.0951. The van der Waals surface area contributed by atoms with E-state index in [2.05, 4.69) is 10.1 Å². The topological polar surface area (TPSA) is 80.8 Å². The number of nitrogens with zero attached hydrogens (tertiary/aromatic N) is 4. The third-order valence-electron chi connectivity index (χ3n) is 2.48. The average molecular weight is 236 g/mol. The van der Waals surface area contributed by atoms with Gasteiger partial charge in [0.2, 0.25) is 0 Å². The van der Waals surface area contributed by atoms with Crippen molar-refractivity contribution in [2.75, 3.05) is 6.61 Å². The fraction of sp³-hybridized carbons (Fsp3) is 0.636. The van der Waals surface area contributed by atoms with Gasteiger partial charge in [0.05, 0.1) is 12.7 Å². The molecule has 0 amide bonds. The molecule has 0 N–H and O–H groups in total. The molecule has 0 saturated carbocycles. The number of hydrogen-bond donors (Lipinski definition) is 0. The van der Waals surface area contributed by atoms with Gasteiger partial charge in [-0.1, -0.05) is 0 Å². The Labute approximate surface area is 100 Å². The van der Waals surface area contributed by atoms with E-state index >= 15 is 0 Å². The first-order valence-electron chi connectivity index (χ1n) is 5.52. The van der Waals surface area contributed by atoms with Gasteiger partial charge in [-0.25, -0.2) is 4.98 Å². The largest absolute Gasteiger partial charge is 0.465 e. The summed E-state index contributed by atoms with van der Waals surface area (Å²) in [6, 6.07) is 2.00. The molecule has 6 nitrogen and oxygen atoms in total. The highest BCUT2D eigenvalue weighted by atomic mass is 16.5. The van der Waals surface area contributed by atoms with Gasteiger partial charge in [0.1, 0.15) is 12.2 Å². The van der Waals surface area contributed by atoms with Crippen LogP contribution in [0.15, 0.2) is 6.33 Å². The number of aromatic nitrogens is 3. The molecule has 0 aromatic carbocycles. The second-order valence-corrected chi connectivity index (χ2v) is 3.83. The van der Waals surface area contributed by atoms with Crippen LogP contribution in [0.1, 0.15) is 26.6 Å². The summed E-state index contributed by atoms with van der Waals surface area (Å²) in [6.45, 7) is 6.10. The molecule has 0 aliphatic rings. The fourth-order valence-electron chi connectivity index (χ4n) is 1.45. The molecule has 1 atom stereocenters. The number of hydrogen-bond acceptors (Lipinski definition) is 5. The van der Waals surface area contributed by atoms with Crippen molar-refractivity contribution in [3.05, 3.63) is 12.2 Å². The Bertz CT molecular complexity index is 435. The second kappa shape index (κ2) is 5.43. The van der Waals surface area contributed by atoms with Gasteiger partial charge < -0.3 is 4.74 Å². The van der Waals surface area contributed by atoms with Crippen LogP contribution in [0.5, 0.6) is 0 Å². The van der Waals surface area contributed by atoms with Crippen LogP contribution in [0.3, 0.4) is 0 Å². The van der Waals surface area contributed by atoms with Crippen molar-refractivity contribution in [3.8, 4) is 6.07 Å². The molecule has 1 aromatic heterocycles. The molecular formula is C11H16N4O2. The zero-order chi connectivity index (χ0) is 12.9. The van der Waals surface area contributed by atoms with Crippen LogP contribution < -0.4 is 0 Å². The fourth-order valence-corrected chi connectivity index (χ4v) is 1.45. The molecule has 0 aliphatic heterocycles. The Morgan fingerprint density at radius 2 is 2.35 bits per heavy atom. The van der Waals surface area contributed by atoms with Gasteiger partial charge in [0, 0.05) is 13.0 Å². The molecule has 0 aliphatic carbocycles. The summed E-state index contributed by atoms with van der Waals surface area (Å²) in [5.41, 5.74) is -1.21. The lowest BCUT2D eigenvalue weighted by atomic mass is 9.88. The van der Waals surface area contributed by atoms with E-state index in [4.69, 9.17) is 10.00 Å². The van der Waals surface area contributed by atoms with E-state index < -0.39 is 11.4 Å². The minimum Gasteiger partial charge on any atom is -0.465 e. The van der Waals surface area contributed by atoms with E-state index in [9.17, 15) is 4.79 Å². The molecule has 0 saturated heterocycles. The van der Waals surface area contributed by atoms with Gasteiger partial charge >= 0.3 is 5.97 Å². The summed E-state index contributed by atoms with van der Waals surface area (Å²) in [5, 5.41) is 13.1. The summed E-state index contributed by atoms with van der Waals surface area (Å²) < 4.78 is 6.56. The highest BCUT2D eigenvalue weighted by Crippen LogP contribution is 2.22. The van der Waals surface area contributed by atoms with Crippen LogP contribution in [0.25, 0.3) is 0 Å². The van der Waals surface area contributed by atoms with Crippen LogP contribution in [0.4, 0.5) is 0 Å². The van der Waals surface area contributed by atoms with Gasteiger partial charge in [-0.2, -0.15) is 10.4 Å². The number of nitriles is 1. The van der Waals surface area contributed by atoms with E-state index in [1.165, 1.54) is 6.33 Å². The zero-order valence-electron chi connectivity index (χ0n) is 10.3. The first-order chi connectivity index (χ1) is 8.07. The van der Waals surface area contributed by atoms with E-state index in [1.54, 1.807) is 18.5 Å². The Hall–Kier alpha value is -1.90. The van der Waals surface area contributed by atoms with Crippen molar-refractivity contribution in [1.29, 1.82) is 5.26 Å². The molecule has 1 aromatic rings. The number of rotatable bonds is 5. The van der Waals surface area contributed by atoms with E-state index in [0.717, 1.165) is 0 Å². The van der Waals surface area contributed by atoms with Gasteiger partial charge in [-0.15, -0.1) is 0 Å².